The highest BCUT2D eigenvalue weighted by Crippen LogP contribution is 2.40. The van der Waals surface area contributed by atoms with E-state index in [4.69, 9.17) is 0 Å². The van der Waals surface area contributed by atoms with Crippen molar-refractivity contribution in [2.45, 2.75) is 47.5 Å². The SMILES string of the molecule is COC(=O)C(/C=C(C)/C=C/C(C)=C/C=C1/C(C)=CCCC1(C)C)C(=O)OC. The zero-order chi connectivity index (χ0) is 20.6. The Morgan fingerprint density at radius 2 is 1.63 bits per heavy atom. The average Bonchev–Trinajstić information content (AvgIpc) is 2.62. The van der Waals surface area contributed by atoms with Gasteiger partial charge in [-0.1, -0.05) is 67.0 Å². The zero-order valence-electron chi connectivity index (χ0n) is 17.6. The molecule has 0 bridgehead atoms. The van der Waals surface area contributed by atoms with Gasteiger partial charge >= 0.3 is 11.9 Å². The summed E-state index contributed by atoms with van der Waals surface area (Å²) in [6.07, 6.45) is 14.3. The van der Waals surface area contributed by atoms with Crippen molar-refractivity contribution in [3.05, 3.63) is 58.7 Å². The third-order valence-corrected chi connectivity index (χ3v) is 4.84. The average molecular weight is 373 g/mol. The van der Waals surface area contributed by atoms with Crippen molar-refractivity contribution in [1.82, 2.24) is 0 Å². The second-order valence-corrected chi connectivity index (χ2v) is 7.57. The van der Waals surface area contributed by atoms with E-state index in [9.17, 15) is 9.59 Å². The number of carbonyl (C=O) groups is 2. The first kappa shape index (κ1) is 22.7. The van der Waals surface area contributed by atoms with Crippen LogP contribution >= 0.6 is 0 Å². The Hall–Kier alpha value is -2.36. The van der Waals surface area contributed by atoms with Gasteiger partial charge in [0.05, 0.1) is 14.2 Å². The van der Waals surface area contributed by atoms with Crippen LogP contribution in [0.2, 0.25) is 0 Å². The maximum Gasteiger partial charge on any atom is 0.324 e. The maximum atomic E-state index is 11.7. The second-order valence-electron chi connectivity index (χ2n) is 7.57. The molecule has 148 valence electrons. The number of carbonyl (C=O) groups excluding carboxylic acids is 2. The number of hydrogen-bond donors (Lipinski definition) is 0. The molecule has 0 atom stereocenters. The van der Waals surface area contributed by atoms with Crippen molar-refractivity contribution in [3.8, 4) is 0 Å². The van der Waals surface area contributed by atoms with Crippen molar-refractivity contribution in [3.63, 3.8) is 0 Å². The molecule has 4 heteroatoms. The van der Waals surface area contributed by atoms with Gasteiger partial charge in [0.15, 0.2) is 5.92 Å². The minimum atomic E-state index is -1.05. The lowest BCUT2D eigenvalue weighted by Gasteiger charge is -2.32. The molecule has 0 N–H and O–H groups in total. The molecule has 0 heterocycles. The number of rotatable bonds is 6. The van der Waals surface area contributed by atoms with Crippen molar-refractivity contribution in [2.24, 2.45) is 11.3 Å². The van der Waals surface area contributed by atoms with E-state index >= 15 is 0 Å². The smallest absolute Gasteiger partial charge is 0.324 e. The molecule has 0 aromatic heterocycles. The summed E-state index contributed by atoms with van der Waals surface area (Å²) in [6.45, 7) is 10.6. The molecule has 1 aliphatic rings. The van der Waals surface area contributed by atoms with Crippen LogP contribution in [0.3, 0.4) is 0 Å². The summed E-state index contributed by atoms with van der Waals surface area (Å²) in [5.74, 6) is -2.31. The molecule has 0 amide bonds. The molecule has 0 unspecified atom stereocenters. The van der Waals surface area contributed by atoms with Crippen molar-refractivity contribution < 1.29 is 19.1 Å². The van der Waals surface area contributed by atoms with E-state index in [0.29, 0.717) is 0 Å². The van der Waals surface area contributed by atoms with Crippen LogP contribution in [0.5, 0.6) is 0 Å². The van der Waals surface area contributed by atoms with Crippen molar-refractivity contribution in [1.29, 1.82) is 0 Å². The van der Waals surface area contributed by atoms with Gasteiger partial charge in [0.2, 0.25) is 0 Å². The number of ether oxygens (including phenoxy) is 2. The Bertz CT molecular complexity index is 699. The first-order chi connectivity index (χ1) is 12.6. The molecule has 0 saturated heterocycles. The minimum absolute atomic E-state index is 0.184. The summed E-state index contributed by atoms with van der Waals surface area (Å²) in [5, 5.41) is 0. The fourth-order valence-corrected chi connectivity index (χ4v) is 3.12. The van der Waals surface area contributed by atoms with Crippen LogP contribution in [0.1, 0.15) is 47.5 Å². The van der Waals surface area contributed by atoms with Gasteiger partial charge in [-0.3, -0.25) is 9.59 Å². The molecule has 0 aromatic carbocycles. The number of esters is 2. The Balaban J connectivity index is 2.96. The van der Waals surface area contributed by atoms with E-state index in [0.717, 1.165) is 24.0 Å². The third kappa shape index (κ3) is 6.70. The summed E-state index contributed by atoms with van der Waals surface area (Å²) in [5.41, 5.74) is 4.76. The molecular formula is C23H32O4. The van der Waals surface area contributed by atoms with Gasteiger partial charge in [0.1, 0.15) is 0 Å². The van der Waals surface area contributed by atoms with Gasteiger partial charge in [-0.05, 0) is 44.6 Å². The topological polar surface area (TPSA) is 52.6 Å². The number of hydrogen-bond acceptors (Lipinski definition) is 4. The van der Waals surface area contributed by atoms with Crippen LogP contribution < -0.4 is 0 Å². The molecule has 0 radical (unpaired) electrons. The summed E-state index contributed by atoms with van der Waals surface area (Å²) in [4.78, 5) is 23.5. The van der Waals surface area contributed by atoms with E-state index in [-0.39, 0.29) is 5.41 Å². The minimum Gasteiger partial charge on any atom is -0.468 e. The number of methoxy groups -OCH3 is 2. The van der Waals surface area contributed by atoms with Gasteiger partial charge in [-0.2, -0.15) is 0 Å². The molecule has 0 aromatic rings. The maximum absolute atomic E-state index is 11.7. The largest absolute Gasteiger partial charge is 0.468 e. The van der Waals surface area contributed by atoms with Crippen LogP contribution in [-0.4, -0.2) is 26.2 Å². The summed E-state index contributed by atoms with van der Waals surface area (Å²) in [6, 6.07) is 0. The van der Waals surface area contributed by atoms with E-state index in [1.165, 1.54) is 25.4 Å². The number of allylic oxidation sites excluding steroid dienone is 9. The van der Waals surface area contributed by atoms with E-state index in [2.05, 4.69) is 48.5 Å². The molecular weight excluding hydrogens is 340 g/mol. The lowest BCUT2D eigenvalue weighted by Crippen LogP contribution is -2.24. The predicted octanol–water partition coefficient (Wildman–Crippen LogP) is 5.09. The Labute approximate surface area is 163 Å². The highest BCUT2D eigenvalue weighted by molar-refractivity contribution is 5.97. The monoisotopic (exact) mass is 372 g/mol. The predicted molar refractivity (Wildman–Crippen MR) is 109 cm³/mol. The molecule has 1 rings (SSSR count). The Morgan fingerprint density at radius 3 is 2.15 bits per heavy atom. The van der Waals surface area contributed by atoms with Gasteiger partial charge in [-0.25, -0.2) is 0 Å². The Morgan fingerprint density at radius 1 is 1.07 bits per heavy atom. The lowest BCUT2D eigenvalue weighted by molar-refractivity contribution is -0.156. The molecule has 0 aliphatic heterocycles. The zero-order valence-corrected chi connectivity index (χ0v) is 17.6. The third-order valence-electron chi connectivity index (χ3n) is 4.84. The van der Waals surface area contributed by atoms with Gasteiger partial charge < -0.3 is 9.47 Å². The highest BCUT2D eigenvalue weighted by atomic mass is 16.5. The van der Waals surface area contributed by atoms with E-state index < -0.39 is 17.9 Å². The normalized spacial score (nSPS) is 19.4. The van der Waals surface area contributed by atoms with E-state index in [1.807, 2.05) is 26.0 Å². The Kier molecular flexibility index (Phi) is 8.48. The van der Waals surface area contributed by atoms with Crippen LogP contribution in [0.4, 0.5) is 0 Å². The van der Waals surface area contributed by atoms with E-state index in [1.54, 1.807) is 6.08 Å². The molecule has 27 heavy (non-hydrogen) atoms. The molecule has 0 saturated carbocycles. The van der Waals surface area contributed by atoms with Crippen molar-refractivity contribution in [2.75, 3.05) is 14.2 Å². The molecule has 0 spiro atoms. The quantitative estimate of drug-likeness (QED) is 0.370. The van der Waals surface area contributed by atoms with Crippen LogP contribution in [-0.2, 0) is 19.1 Å². The molecule has 1 aliphatic carbocycles. The summed E-state index contributed by atoms with van der Waals surface area (Å²) < 4.78 is 9.33. The van der Waals surface area contributed by atoms with Crippen LogP contribution in [0, 0.1) is 11.3 Å². The van der Waals surface area contributed by atoms with Crippen molar-refractivity contribution >= 4 is 11.9 Å². The first-order valence-electron chi connectivity index (χ1n) is 9.20. The van der Waals surface area contributed by atoms with Gasteiger partial charge in [0.25, 0.3) is 0 Å². The molecule has 4 nitrogen and oxygen atoms in total. The van der Waals surface area contributed by atoms with Crippen LogP contribution in [0.25, 0.3) is 0 Å². The molecule has 0 fully saturated rings. The van der Waals surface area contributed by atoms with Gasteiger partial charge in [-0.15, -0.1) is 0 Å². The fourth-order valence-electron chi connectivity index (χ4n) is 3.12. The standard InChI is InChI=1S/C23H32O4/c1-16(12-13-20-18(3)9-8-14-23(20,4)5)10-11-17(2)15-19(21(24)26-6)22(25)27-7/h9-13,15,19H,8,14H2,1-7H3/b11-10+,16-12+,17-15+,20-13-. The van der Waals surface area contributed by atoms with Gasteiger partial charge in [0, 0.05) is 0 Å². The lowest BCUT2D eigenvalue weighted by atomic mass is 9.73. The first-order valence-corrected chi connectivity index (χ1v) is 9.20. The highest BCUT2D eigenvalue weighted by Gasteiger charge is 2.27. The fraction of sp³-hybridized carbons (Fsp3) is 0.478. The summed E-state index contributed by atoms with van der Waals surface area (Å²) >= 11 is 0. The summed E-state index contributed by atoms with van der Waals surface area (Å²) in [7, 11) is 2.50. The van der Waals surface area contributed by atoms with Crippen LogP contribution in [0.15, 0.2) is 58.7 Å². The second kappa shape index (κ2) is 10.1.